The molecule has 0 aliphatic carbocycles. The Morgan fingerprint density at radius 1 is 0.808 bits per heavy atom. The molecule has 0 saturated heterocycles. The van der Waals surface area contributed by atoms with Crippen molar-refractivity contribution in [2.24, 2.45) is 0 Å². The van der Waals surface area contributed by atoms with Crippen LogP contribution in [-0.4, -0.2) is 9.97 Å². The zero-order chi connectivity index (χ0) is 18.5. The quantitative estimate of drug-likeness (QED) is 0.622. The first kappa shape index (κ1) is 17.5. The lowest BCUT2D eigenvalue weighted by molar-refractivity contribution is 0.411. The first-order valence-corrected chi connectivity index (χ1v) is 7.92. The molecule has 0 bridgehead atoms. The molecule has 0 aliphatic heterocycles. The van der Waals surface area contributed by atoms with Gasteiger partial charge in [-0.1, -0.05) is 23.2 Å². The lowest BCUT2D eigenvalue weighted by atomic mass is 10.2. The second-order valence-electron chi connectivity index (χ2n) is 4.89. The number of rotatable bonds is 4. The summed E-state index contributed by atoms with van der Waals surface area (Å²) in [6.45, 7) is 0. The molecule has 2 aromatic carbocycles. The molecule has 126 valence electrons. The predicted octanol–water partition coefficient (Wildman–Crippen LogP) is 5.11. The zero-order valence-electron chi connectivity index (χ0n) is 13.0. The van der Waals surface area contributed by atoms with Crippen LogP contribution in [0.2, 0.25) is 10.0 Å². The normalized spacial score (nSPS) is 9.85. The van der Waals surface area contributed by atoms with Gasteiger partial charge in [-0.15, -0.1) is 0 Å². The fourth-order valence-electron chi connectivity index (χ4n) is 1.96. The lowest BCUT2D eigenvalue weighted by Gasteiger charge is -2.08. The molecule has 0 spiro atoms. The topological polar surface area (TPSA) is 91.8 Å². The molecular formula is C18H8Cl2N4O2. The Morgan fingerprint density at radius 2 is 1.38 bits per heavy atom. The van der Waals surface area contributed by atoms with E-state index in [1.165, 1.54) is 24.4 Å². The lowest BCUT2D eigenvalue weighted by Crippen LogP contribution is -1.95. The van der Waals surface area contributed by atoms with Gasteiger partial charge in [0, 0.05) is 24.4 Å². The minimum absolute atomic E-state index is 0.0445. The van der Waals surface area contributed by atoms with E-state index in [0.29, 0.717) is 22.6 Å². The van der Waals surface area contributed by atoms with E-state index in [1.807, 2.05) is 12.1 Å². The van der Waals surface area contributed by atoms with Crippen LogP contribution in [0.15, 0.2) is 48.7 Å². The summed E-state index contributed by atoms with van der Waals surface area (Å²) < 4.78 is 11.1. The standard InChI is InChI=1S/C18H8Cl2N4O2/c19-15-7-13(3-1-11(15)9-21)25-17-5-6-23-18(24-17)26-14-4-2-12(10-22)16(20)8-14/h1-8H. The van der Waals surface area contributed by atoms with Crippen molar-refractivity contribution in [1.82, 2.24) is 9.97 Å². The molecule has 0 fully saturated rings. The van der Waals surface area contributed by atoms with Crippen molar-refractivity contribution >= 4 is 23.2 Å². The molecule has 0 saturated carbocycles. The van der Waals surface area contributed by atoms with Gasteiger partial charge < -0.3 is 9.47 Å². The third kappa shape index (κ3) is 4.01. The van der Waals surface area contributed by atoms with Crippen LogP contribution in [0.1, 0.15) is 11.1 Å². The third-order valence-electron chi connectivity index (χ3n) is 3.16. The van der Waals surface area contributed by atoms with E-state index < -0.39 is 0 Å². The van der Waals surface area contributed by atoms with E-state index in [-0.39, 0.29) is 21.9 Å². The largest absolute Gasteiger partial charge is 0.439 e. The Kier molecular flexibility index (Phi) is 5.19. The Labute approximate surface area is 158 Å². The van der Waals surface area contributed by atoms with Crippen molar-refractivity contribution in [3.63, 3.8) is 0 Å². The maximum Gasteiger partial charge on any atom is 0.325 e. The second kappa shape index (κ2) is 7.71. The van der Waals surface area contributed by atoms with Crippen molar-refractivity contribution in [2.75, 3.05) is 0 Å². The minimum Gasteiger partial charge on any atom is -0.439 e. The molecule has 0 N–H and O–H groups in total. The van der Waals surface area contributed by atoms with E-state index >= 15 is 0 Å². The maximum absolute atomic E-state index is 8.89. The summed E-state index contributed by atoms with van der Waals surface area (Å²) in [6, 6.07) is 14.8. The fraction of sp³-hybridized carbons (Fsp3) is 0. The van der Waals surface area contributed by atoms with Gasteiger partial charge in [-0.2, -0.15) is 15.5 Å². The first-order chi connectivity index (χ1) is 12.6. The molecular weight excluding hydrogens is 375 g/mol. The maximum atomic E-state index is 8.89. The number of nitriles is 2. The minimum atomic E-state index is 0.0445. The molecule has 0 unspecified atom stereocenters. The number of halogens is 2. The molecule has 1 heterocycles. The van der Waals surface area contributed by atoms with Crippen LogP contribution in [0.3, 0.4) is 0 Å². The van der Waals surface area contributed by atoms with Crippen LogP contribution < -0.4 is 9.47 Å². The van der Waals surface area contributed by atoms with E-state index in [4.69, 9.17) is 43.2 Å². The molecule has 1 aromatic heterocycles. The molecule has 6 nitrogen and oxygen atoms in total. The van der Waals surface area contributed by atoms with Crippen LogP contribution in [-0.2, 0) is 0 Å². The van der Waals surface area contributed by atoms with E-state index in [9.17, 15) is 0 Å². The third-order valence-corrected chi connectivity index (χ3v) is 3.79. The van der Waals surface area contributed by atoms with Gasteiger partial charge in [-0.05, 0) is 24.3 Å². The van der Waals surface area contributed by atoms with E-state index in [2.05, 4.69) is 9.97 Å². The number of nitrogens with zero attached hydrogens (tertiary/aromatic N) is 4. The average molecular weight is 383 g/mol. The predicted molar refractivity (Wildman–Crippen MR) is 94.5 cm³/mol. The van der Waals surface area contributed by atoms with Gasteiger partial charge in [-0.3, -0.25) is 0 Å². The molecule has 26 heavy (non-hydrogen) atoms. The summed E-state index contributed by atoms with van der Waals surface area (Å²) in [7, 11) is 0. The van der Waals surface area contributed by atoms with Gasteiger partial charge in [0.05, 0.1) is 21.2 Å². The van der Waals surface area contributed by atoms with Crippen molar-refractivity contribution in [1.29, 1.82) is 10.5 Å². The SMILES string of the molecule is N#Cc1ccc(Oc2ccnc(Oc3ccc(C#N)c(Cl)c3)n2)cc1Cl. The van der Waals surface area contributed by atoms with E-state index in [1.54, 1.807) is 24.3 Å². The summed E-state index contributed by atoms with van der Waals surface area (Å²) in [5, 5.41) is 18.3. The number of hydrogen-bond acceptors (Lipinski definition) is 6. The molecule has 3 aromatic rings. The summed E-state index contributed by atoms with van der Waals surface area (Å²) in [5.41, 5.74) is 0.693. The molecule has 3 rings (SSSR count). The highest BCUT2D eigenvalue weighted by molar-refractivity contribution is 6.32. The Balaban J connectivity index is 1.78. The molecule has 0 radical (unpaired) electrons. The molecule has 0 aliphatic rings. The zero-order valence-corrected chi connectivity index (χ0v) is 14.5. The van der Waals surface area contributed by atoms with Gasteiger partial charge in [-0.25, -0.2) is 4.98 Å². The van der Waals surface area contributed by atoms with Crippen molar-refractivity contribution < 1.29 is 9.47 Å². The molecule has 8 heteroatoms. The van der Waals surface area contributed by atoms with Crippen LogP contribution in [0.4, 0.5) is 0 Å². The fourth-order valence-corrected chi connectivity index (χ4v) is 2.38. The van der Waals surface area contributed by atoms with Gasteiger partial charge in [0.1, 0.15) is 23.6 Å². The Morgan fingerprint density at radius 3 is 1.92 bits per heavy atom. The summed E-state index contributed by atoms with van der Waals surface area (Å²) in [4.78, 5) is 8.14. The van der Waals surface area contributed by atoms with Crippen LogP contribution >= 0.6 is 23.2 Å². The van der Waals surface area contributed by atoms with Crippen LogP contribution in [0, 0.1) is 22.7 Å². The number of ether oxygens (including phenoxy) is 2. The van der Waals surface area contributed by atoms with E-state index in [0.717, 1.165) is 0 Å². The number of benzene rings is 2. The first-order valence-electron chi connectivity index (χ1n) is 7.17. The van der Waals surface area contributed by atoms with Crippen molar-refractivity contribution in [2.45, 2.75) is 0 Å². The second-order valence-corrected chi connectivity index (χ2v) is 5.70. The Bertz CT molecular complexity index is 977. The highest BCUT2D eigenvalue weighted by Crippen LogP contribution is 2.28. The summed E-state index contributed by atoms with van der Waals surface area (Å²) in [6.07, 6.45) is 1.47. The molecule has 0 amide bonds. The van der Waals surface area contributed by atoms with Crippen LogP contribution in [0.25, 0.3) is 0 Å². The van der Waals surface area contributed by atoms with Crippen LogP contribution in [0.5, 0.6) is 23.4 Å². The van der Waals surface area contributed by atoms with Crippen molar-refractivity contribution in [3.05, 3.63) is 69.8 Å². The smallest absolute Gasteiger partial charge is 0.325 e. The van der Waals surface area contributed by atoms with Gasteiger partial charge >= 0.3 is 6.01 Å². The highest BCUT2D eigenvalue weighted by Gasteiger charge is 2.08. The average Bonchev–Trinajstić information content (AvgIpc) is 2.62. The van der Waals surface area contributed by atoms with Crippen molar-refractivity contribution in [3.8, 4) is 35.5 Å². The monoisotopic (exact) mass is 382 g/mol. The molecule has 0 atom stereocenters. The number of aromatic nitrogens is 2. The van der Waals surface area contributed by atoms with Gasteiger partial charge in [0.2, 0.25) is 5.88 Å². The van der Waals surface area contributed by atoms with Gasteiger partial charge in [0.15, 0.2) is 0 Å². The Hall–Kier alpha value is -3.32. The summed E-state index contributed by atoms with van der Waals surface area (Å²) in [5.74, 6) is 1.03. The van der Waals surface area contributed by atoms with Gasteiger partial charge in [0.25, 0.3) is 0 Å². The number of hydrogen-bond donors (Lipinski definition) is 0. The summed E-state index contributed by atoms with van der Waals surface area (Å²) >= 11 is 11.9. The highest BCUT2D eigenvalue weighted by atomic mass is 35.5.